The minimum Gasteiger partial charge on any atom is -0.493 e. The smallest absolute Gasteiger partial charge is 0.179 e. The molecule has 0 saturated heterocycles. The number of hydrogen-bond donors (Lipinski definition) is 1. The fourth-order valence-corrected chi connectivity index (χ4v) is 2.47. The van der Waals surface area contributed by atoms with Crippen LogP contribution < -0.4 is 14.8 Å². The molecule has 0 radical (unpaired) electrons. The molecule has 0 bridgehead atoms. The molecule has 1 N–H and O–H groups in total. The van der Waals surface area contributed by atoms with Crippen LogP contribution in [-0.2, 0) is 6.54 Å². The van der Waals surface area contributed by atoms with Gasteiger partial charge in [0.25, 0.3) is 0 Å². The normalized spacial score (nSPS) is 10.4. The van der Waals surface area contributed by atoms with Gasteiger partial charge in [-0.1, -0.05) is 30.7 Å². The summed E-state index contributed by atoms with van der Waals surface area (Å²) in [6.45, 7) is 5.43. The zero-order valence-corrected chi connectivity index (χ0v) is 14.0. The van der Waals surface area contributed by atoms with Crippen molar-refractivity contribution in [1.29, 1.82) is 0 Å². The Labute approximate surface area is 137 Å². The highest BCUT2D eigenvalue weighted by atomic mass is 35.5. The Kier molecular flexibility index (Phi) is 5.96. The lowest BCUT2D eigenvalue weighted by molar-refractivity contribution is 0.294. The largest absolute Gasteiger partial charge is 0.493 e. The van der Waals surface area contributed by atoms with E-state index in [1.807, 2.05) is 24.3 Å². The van der Waals surface area contributed by atoms with Crippen LogP contribution in [0, 0.1) is 6.92 Å². The molecule has 2 rings (SSSR count). The second-order valence-electron chi connectivity index (χ2n) is 5.18. The van der Waals surface area contributed by atoms with Crippen molar-refractivity contribution < 1.29 is 9.47 Å². The number of halogens is 1. The number of anilines is 1. The molecule has 0 heterocycles. The van der Waals surface area contributed by atoms with Crippen molar-refractivity contribution in [3.05, 3.63) is 52.5 Å². The lowest BCUT2D eigenvalue weighted by Crippen LogP contribution is -2.03. The molecule has 0 amide bonds. The summed E-state index contributed by atoms with van der Waals surface area (Å²) in [5.74, 6) is 1.28. The molecule has 0 aliphatic rings. The zero-order chi connectivity index (χ0) is 15.9. The first-order valence-corrected chi connectivity index (χ1v) is 7.81. The molecule has 0 unspecified atom stereocenters. The van der Waals surface area contributed by atoms with Gasteiger partial charge in [-0.3, -0.25) is 0 Å². The molecule has 22 heavy (non-hydrogen) atoms. The van der Waals surface area contributed by atoms with Gasteiger partial charge >= 0.3 is 0 Å². The third kappa shape index (κ3) is 4.31. The summed E-state index contributed by atoms with van der Waals surface area (Å²) in [5.41, 5.74) is 3.36. The second-order valence-corrected chi connectivity index (χ2v) is 5.59. The SMILES string of the molecule is CCCOc1c(Cl)cc(CNc2cccc(C)c2)cc1OC. The van der Waals surface area contributed by atoms with Gasteiger partial charge in [0.1, 0.15) is 0 Å². The number of benzene rings is 2. The molecule has 0 aromatic heterocycles. The Bertz CT molecular complexity index is 628. The highest BCUT2D eigenvalue weighted by Gasteiger charge is 2.11. The van der Waals surface area contributed by atoms with Crippen LogP contribution in [0.1, 0.15) is 24.5 Å². The summed E-state index contributed by atoms with van der Waals surface area (Å²) in [4.78, 5) is 0. The van der Waals surface area contributed by atoms with E-state index in [-0.39, 0.29) is 0 Å². The molecule has 0 atom stereocenters. The van der Waals surface area contributed by atoms with Crippen molar-refractivity contribution >= 4 is 17.3 Å². The lowest BCUT2D eigenvalue weighted by atomic mass is 10.1. The number of ether oxygens (including phenoxy) is 2. The molecule has 0 aliphatic carbocycles. The monoisotopic (exact) mass is 319 g/mol. The van der Waals surface area contributed by atoms with Crippen molar-refractivity contribution in [2.24, 2.45) is 0 Å². The lowest BCUT2D eigenvalue weighted by Gasteiger charge is -2.14. The maximum atomic E-state index is 6.32. The fraction of sp³-hybridized carbons (Fsp3) is 0.333. The van der Waals surface area contributed by atoms with Crippen LogP contribution in [-0.4, -0.2) is 13.7 Å². The van der Waals surface area contributed by atoms with E-state index < -0.39 is 0 Å². The summed E-state index contributed by atoms with van der Waals surface area (Å²) in [5, 5.41) is 3.97. The van der Waals surface area contributed by atoms with Crippen LogP contribution in [0.3, 0.4) is 0 Å². The van der Waals surface area contributed by atoms with Crippen molar-refractivity contribution in [1.82, 2.24) is 0 Å². The molecule has 0 aliphatic heterocycles. The zero-order valence-electron chi connectivity index (χ0n) is 13.3. The number of nitrogens with one attached hydrogen (secondary N) is 1. The number of methoxy groups -OCH3 is 1. The van der Waals surface area contributed by atoms with E-state index in [0.29, 0.717) is 29.7 Å². The summed E-state index contributed by atoms with van der Waals surface area (Å²) >= 11 is 6.32. The fourth-order valence-electron chi connectivity index (χ4n) is 2.18. The summed E-state index contributed by atoms with van der Waals surface area (Å²) in [7, 11) is 1.63. The van der Waals surface area contributed by atoms with E-state index in [9.17, 15) is 0 Å². The van der Waals surface area contributed by atoms with E-state index in [2.05, 4.69) is 31.3 Å². The Morgan fingerprint density at radius 1 is 1.18 bits per heavy atom. The minimum atomic E-state index is 0.578. The number of hydrogen-bond acceptors (Lipinski definition) is 3. The summed E-state index contributed by atoms with van der Waals surface area (Å²) in [6.07, 6.45) is 0.927. The molecule has 2 aromatic rings. The average Bonchev–Trinajstić information content (AvgIpc) is 2.51. The maximum Gasteiger partial charge on any atom is 0.179 e. The van der Waals surface area contributed by atoms with E-state index in [0.717, 1.165) is 17.7 Å². The number of rotatable bonds is 7. The molecular weight excluding hydrogens is 298 g/mol. The predicted molar refractivity (Wildman–Crippen MR) is 92.3 cm³/mol. The van der Waals surface area contributed by atoms with Crippen LogP contribution in [0.5, 0.6) is 11.5 Å². The van der Waals surface area contributed by atoms with Crippen LogP contribution in [0.15, 0.2) is 36.4 Å². The first-order chi connectivity index (χ1) is 10.6. The molecule has 4 heteroatoms. The molecule has 2 aromatic carbocycles. The first-order valence-electron chi connectivity index (χ1n) is 7.43. The number of aryl methyl sites for hydroxylation is 1. The van der Waals surface area contributed by atoms with Gasteiger partial charge in [-0.25, -0.2) is 0 Å². The third-order valence-electron chi connectivity index (χ3n) is 3.25. The van der Waals surface area contributed by atoms with E-state index in [1.54, 1.807) is 7.11 Å². The van der Waals surface area contributed by atoms with Gasteiger partial charge in [0.2, 0.25) is 0 Å². The van der Waals surface area contributed by atoms with Gasteiger partial charge in [0.15, 0.2) is 11.5 Å². The van der Waals surface area contributed by atoms with Gasteiger partial charge in [0, 0.05) is 12.2 Å². The van der Waals surface area contributed by atoms with Gasteiger partial charge in [-0.2, -0.15) is 0 Å². The highest BCUT2D eigenvalue weighted by Crippen LogP contribution is 2.36. The molecule has 0 fully saturated rings. The third-order valence-corrected chi connectivity index (χ3v) is 3.54. The van der Waals surface area contributed by atoms with Gasteiger partial charge in [-0.15, -0.1) is 0 Å². The summed E-state index contributed by atoms with van der Waals surface area (Å²) in [6, 6.07) is 12.1. The van der Waals surface area contributed by atoms with Crippen LogP contribution >= 0.6 is 11.6 Å². The quantitative estimate of drug-likeness (QED) is 0.774. The first kappa shape index (κ1) is 16.5. The van der Waals surface area contributed by atoms with Gasteiger partial charge in [0.05, 0.1) is 18.7 Å². The minimum absolute atomic E-state index is 0.578. The molecule has 3 nitrogen and oxygen atoms in total. The van der Waals surface area contributed by atoms with Crippen molar-refractivity contribution in [3.8, 4) is 11.5 Å². The molecule has 0 spiro atoms. The van der Waals surface area contributed by atoms with Crippen molar-refractivity contribution in [2.45, 2.75) is 26.8 Å². The van der Waals surface area contributed by atoms with Crippen molar-refractivity contribution in [3.63, 3.8) is 0 Å². The Balaban J connectivity index is 2.13. The summed E-state index contributed by atoms with van der Waals surface area (Å²) < 4.78 is 11.1. The average molecular weight is 320 g/mol. The maximum absolute atomic E-state index is 6.32. The van der Waals surface area contributed by atoms with Crippen LogP contribution in [0.2, 0.25) is 5.02 Å². The molecule has 118 valence electrons. The standard InChI is InChI=1S/C18H22ClNO2/c1-4-8-22-18-16(19)10-14(11-17(18)21-3)12-20-15-7-5-6-13(2)9-15/h5-7,9-11,20H,4,8,12H2,1-3H3. The molecular formula is C18H22ClNO2. The van der Waals surface area contributed by atoms with Gasteiger partial charge in [-0.05, 0) is 48.7 Å². The Morgan fingerprint density at radius 3 is 2.68 bits per heavy atom. The Morgan fingerprint density at radius 2 is 2.00 bits per heavy atom. The predicted octanol–water partition coefficient (Wildman–Crippen LogP) is 5.06. The van der Waals surface area contributed by atoms with Crippen LogP contribution in [0.25, 0.3) is 0 Å². The Hall–Kier alpha value is -1.87. The molecule has 0 saturated carbocycles. The second kappa shape index (κ2) is 7.95. The van der Waals surface area contributed by atoms with Crippen molar-refractivity contribution in [2.75, 3.05) is 19.0 Å². The van der Waals surface area contributed by atoms with E-state index >= 15 is 0 Å². The topological polar surface area (TPSA) is 30.5 Å². The van der Waals surface area contributed by atoms with E-state index in [1.165, 1.54) is 5.56 Å². The highest BCUT2D eigenvalue weighted by molar-refractivity contribution is 6.32. The van der Waals surface area contributed by atoms with Gasteiger partial charge < -0.3 is 14.8 Å². The van der Waals surface area contributed by atoms with E-state index in [4.69, 9.17) is 21.1 Å². The van der Waals surface area contributed by atoms with Crippen LogP contribution in [0.4, 0.5) is 5.69 Å².